The molecular weight excluding hydrogens is 344 g/mol. The smallest absolute Gasteiger partial charge is 0.328 e. The maximum atomic E-state index is 12.1. The van der Waals surface area contributed by atoms with E-state index in [9.17, 15) is 14.4 Å². The van der Waals surface area contributed by atoms with Crippen LogP contribution in [0.3, 0.4) is 0 Å². The van der Waals surface area contributed by atoms with Gasteiger partial charge in [-0.1, -0.05) is 0 Å². The Bertz CT molecular complexity index is 557. The van der Waals surface area contributed by atoms with Gasteiger partial charge < -0.3 is 19.4 Å². The van der Waals surface area contributed by atoms with Gasteiger partial charge in [-0.25, -0.2) is 4.79 Å². The van der Waals surface area contributed by atoms with Gasteiger partial charge in [0.05, 0.1) is 13.7 Å². The second-order valence-corrected chi connectivity index (χ2v) is 5.34. The number of methoxy groups -OCH3 is 1. The van der Waals surface area contributed by atoms with E-state index in [4.69, 9.17) is 4.42 Å². The number of ether oxygens (including phenoxy) is 1. The molecule has 21 heavy (non-hydrogen) atoms. The van der Waals surface area contributed by atoms with Gasteiger partial charge in [-0.2, -0.15) is 0 Å². The second-order valence-electron chi connectivity index (χ2n) is 4.55. The molecule has 2 rings (SSSR count). The van der Waals surface area contributed by atoms with Crippen LogP contribution >= 0.6 is 15.9 Å². The Hall–Kier alpha value is -1.83. The van der Waals surface area contributed by atoms with Crippen LogP contribution in [0.4, 0.5) is 0 Å². The largest absolute Gasteiger partial charge is 0.467 e. The van der Waals surface area contributed by atoms with E-state index in [1.54, 1.807) is 6.07 Å². The molecule has 0 radical (unpaired) electrons. The Kier molecular flexibility index (Phi) is 5.00. The van der Waals surface area contributed by atoms with Crippen molar-refractivity contribution in [2.24, 2.45) is 0 Å². The van der Waals surface area contributed by atoms with Crippen molar-refractivity contribution in [1.82, 2.24) is 10.2 Å². The molecule has 8 heteroatoms. The first kappa shape index (κ1) is 15.6. The first-order valence-corrected chi connectivity index (χ1v) is 7.23. The highest BCUT2D eigenvalue weighted by Gasteiger charge is 2.34. The Morgan fingerprint density at radius 2 is 2.24 bits per heavy atom. The van der Waals surface area contributed by atoms with Gasteiger partial charge in [-0.05, 0) is 40.9 Å². The van der Waals surface area contributed by atoms with Crippen LogP contribution in [0.25, 0.3) is 0 Å². The number of carbonyl (C=O) groups excluding carboxylic acids is 3. The number of esters is 1. The van der Waals surface area contributed by atoms with Crippen molar-refractivity contribution in [3.05, 3.63) is 22.6 Å². The summed E-state index contributed by atoms with van der Waals surface area (Å²) >= 11 is 3.09. The normalized spacial score (nSPS) is 17.6. The summed E-state index contributed by atoms with van der Waals surface area (Å²) in [5.41, 5.74) is 0. The van der Waals surface area contributed by atoms with Crippen LogP contribution in [0.2, 0.25) is 0 Å². The van der Waals surface area contributed by atoms with Crippen molar-refractivity contribution in [1.29, 1.82) is 0 Å². The third kappa shape index (κ3) is 3.63. The van der Waals surface area contributed by atoms with Gasteiger partial charge >= 0.3 is 5.97 Å². The van der Waals surface area contributed by atoms with E-state index in [2.05, 4.69) is 26.0 Å². The van der Waals surface area contributed by atoms with E-state index in [0.717, 1.165) is 6.42 Å². The number of rotatable bonds is 4. The summed E-state index contributed by atoms with van der Waals surface area (Å²) in [5, 5.41) is 2.47. The zero-order valence-electron chi connectivity index (χ0n) is 11.4. The Balaban J connectivity index is 1.89. The highest BCUT2D eigenvalue weighted by molar-refractivity contribution is 9.10. The van der Waals surface area contributed by atoms with Gasteiger partial charge in [-0.3, -0.25) is 9.59 Å². The van der Waals surface area contributed by atoms with Gasteiger partial charge in [0.25, 0.3) is 5.91 Å². The average molecular weight is 359 g/mol. The Morgan fingerprint density at radius 1 is 1.48 bits per heavy atom. The van der Waals surface area contributed by atoms with E-state index in [1.807, 2.05) is 0 Å². The molecule has 1 atom stereocenters. The lowest BCUT2D eigenvalue weighted by Gasteiger charge is -2.22. The maximum absolute atomic E-state index is 12.1. The molecule has 1 N–H and O–H groups in total. The fraction of sp³-hybridized carbons (Fsp3) is 0.462. The van der Waals surface area contributed by atoms with Crippen molar-refractivity contribution < 1.29 is 23.5 Å². The van der Waals surface area contributed by atoms with Crippen molar-refractivity contribution >= 4 is 33.7 Å². The summed E-state index contributed by atoms with van der Waals surface area (Å²) in [4.78, 5) is 36.8. The highest BCUT2D eigenvalue weighted by atomic mass is 79.9. The van der Waals surface area contributed by atoms with Crippen LogP contribution in [0.1, 0.15) is 23.4 Å². The minimum atomic E-state index is -0.558. The molecule has 0 spiro atoms. The molecule has 1 saturated heterocycles. The molecule has 114 valence electrons. The van der Waals surface area contributed by atoms with E-state index in [-0.39, 0.29) is 18.2 Å². The fourth-order valence-electron chi connectivity index (χ4n) is 2.23. The fourth-order valence-corrected chi connectivity index (χ4v) is 2.53. The highest BCUT2D eigenvalue weighted by Crippen LogP contribution is 2.18. The standard InChI is InChI=1S/C13H15BrN2O5/c1-20-13(19)8-3-2-6-16(8)11(17)7-15-12(18)9-4-5-10(14)21-9/h4-5,8H,2-3,6-7H2,1H3,(H,15,18). The first-order valence-electron chi connectivity index (χ1n) is 6.43. The lowest BCUT2D eigenvalue weighted by molar-refractivity contribution is -0.150. The van der Waals surface area contributed by atoms with E-state index in [0.29, 0.717) is 17.6 Å². The van der Waals surface area contributed by atoms with Crippen molar-refractivity contribution in [2.45, 2.75) is 18.9 Å². The van der Waals surface area contributed by atoms with E-state index in [1.165, 1.54) is 18.1 Å². The van der Waals surface area contributed by atoms with E-state index < -0.39 is 17.9 Å². The molecule has 1 aliphatic rings. The molecule has 0 aromatic carbocycles. The van der Waals surface area contributed by atoms with Crippen LogP contribution in [-0.4, -0.2) is 48.9 Å². The van der Waals surface area contributed by atoms with Gasteiger partial charge in [0.15, 0.2) is 10.4 Å². The number of halogens is 1. The van der Waals surface area contributed by atoms with E-state index >= 15 is 0 Å². The average Bonchev–Trinajstić information content (AvgIpc) is 3.12. The molecular formula is C13H15BrN2O5. The third-order valence-electron chi connectivity index (χ3n) is 3.24. The molecule has 1 aliphatic heterocycles. The van der Waals surface area contributed by atoms with Gasteiger partial charge in [0.2, 0.25) is 5.91 Å². The number of nitrogens with one attached hydrogen (secondary N) is 1. The molecule has 2 amide bonds. The van der Waals surface area contributed by atoms with Crippen LogP contribution < -0.4 is 5.32 Å². The van der Waals surface area contributed by atoms with Crippen molar-refractivity contribution in [3.8, 4) is 0 Å². The maximum Gasteiger partial charge on any atom is 0.328 e. The Morgan fingerprint density at radius 3 is 2.86 bits per heavy atom. The third-order valence-corrected chi connectivity index (χ3v) is 3.67. The van der Waals surface area contributed by atoms with Gasteiger partial charge in [-0.15, -0.1) is 0 Å². The summed E-state index contributed by atoms with van der Waals surface area (Å²) in [7, 11) is 1.29. The second kappa shape index (κ2) is 6.75. The molecule has 7 nitrogen and oxygen atoms in total. The quantitative estimate of drug-likeness (QED) is 0.809. The first-order chi connectivity index (χ1) is 10.0. The number of hydrogen-bond donors (Lipinski definition) is 1. The van der Waals surface area contributed by atoms with Crippen LogP contribution in [0.15, 0.2) is 21.2 Å². The van der Waals surface area contributed by atoms with Crippen molar-refractivity contribution in [3.63, 3.8) is 0 Å². The Labute approximate surface area is 129 Å². The van der Waals surface area contributed by atoms with Crippen LogP contribution in [0, 0.1) is 0 Å². The molecule has 0 bridgehead atoms. The number of likely N-dealkylation sites (tertiary alicyclic amines) is 1. The lowest BCUT2D eigenvalue weighted by Crippen LogP contribution is -2.45. The molecule has 0 aliphatic carbocycles. The van der Waals surface area contributed by atoms with Gasteiger partial charge in [0, 0.05) is 6.54 Å². The lowest BCUT2D eigenvalue weighted by atomic mass is 10.2. The van der Waals surface area contributed by atoms with Gasteiger partial charge in [0.1, 0.15) is 6.04 Å². The van der Waals surface area contributed by atoms with Crippen molar-refractivity contribution in [2.75, 3.05) is 20.2 Å². The summed E-state index contributed by atoms with van der Waals surface area (Å²) in [5.74, 6) is -1.12. The minimum Gasteiger partial charge on any atom is -0.467 e. The predicted molar refractivity (Wildman–Crippen MR) is 75.5 cm³/mol. The summed E-state index contributed by atoms with van der Waals surface area (Å²) < 4.78 is 10.2. The zero-order valence-corrected chi connectivity index (χ0v) is 13.0. The summed E-state index contributed by atoms with van der Waals surface area (Å²) in [6.45, 7) is 0.297. The number of carbonyl (C=O) groups is 3. The molecule has 1 aromatic rings. The van der Waals surface area contributed by atoms with Crippen LogP contribution in [0.5, 0.6) is 0 Å². The number of hydrogen-bond acceptors (Lipinski definition) is 5. The number of nitrogens with zero attached hydrogens (tertiary/aromatic N) is 1. The minimum absolute atomic E-state index is 0.112. The zero-order chi connectivity index (χ0) is 15.4. The molecule has 0 saturated carbocycles. The summed E-state index contributed by atoms with van der Waals surface area (Å²) in [6.07, 6.45) is 1.32. The molecule has 1 aromatic heterocycles. The molecule has 1 unspecified atom stereocenters. The SMILES string of the molecule is COC(=O)C1CCCN1C(=O)CNC(=O)c1ccc(Br)o1. The monoisotopic (exact) mass is 358 g/mol. The topological polar surface area (TPSA) is 88.9 Å². The molecule has 1 fully saturated rings. The van der Waals surface area contributed by atoms with Crippen LogP contribution in [-0.2, 0) is 14.3 Å². The summed E-state index contributed by atoms with van der Waals surface area (Å²) in [6, 6.07) is 2.53. The number of furan rings is 1. The molecule has 2 heterocycles. The predicted octanol–water partition coefficient (Wildman–Crippen LogP) is 0.936. The number of amides is 2.